The summed E-state index contributed by atoms with van der Waals surface area (Å²) in [6.45, 7) is 11.0. The Morgan fingerprint density at radius 2 is 1.39 bits per heavy atom. The zero-order valence-corrected chi connectivity index (χ0v) is 14.1. The van der Waals surface area contributed by atoms with Crippen LogP contribution in [0.3, 0.4) is 0 Å². The zero-order valence-electron chi connectivity index (χ0n) is 14.1. The van der Waals surface area contributed by atoms with Crippen LogP contribution in [0.25, 0.3) is 0 Å². The van der Waals surface area contributed by atoms with E-state index in [0.29, 0.717) is 39.8 Å². The van der Waals surface area contributed by atoms with Crippen molar-refractivity contribution in [3.63, 3.8) is 0 Å². The van der Waals surface area contributed by atoms with Crippen molar-refractivity contribution in [1.82, 2.24) is 9.80 Å². The Balaban J connectivity index is 1.67. The average Bonchev–Trinajstić information content (AvgIpc) is 2.72. The highest BCUT2D eigenvalue weighted by atomic mass is 16.5. The molecule has 0 spiro atoms. The van der Waals surface area contributed by atoms with Gasteiger partial charge in [0.2, 0.25) is 0 Å². The van der Waals surface area contributed by atoms with Crippen molar-refractivity contribution in [3.05, 3.63) is 0 Å². The first-order chi connectivity index (χ1) is 11.0. The fourth-order valence-electron chi connectivity index (χ4n) is 3.41. The largest absolute Gasteiger partial charge is 0.370 e. The summed E-state index contributed by atoms with van der Waals surface area (Å²) in [4.78, 5) is 31.3. The zero-order chi connectivity index (χ0) is 16.4. The molecule has 3 rings (SSSR count). The van der Waals surface area contributed by atoms with E-state index in [1.807, 2.05) is 13.8 Å². The fraction of sp³-hybridized carbons (Fsp3) is 0.867. The van der Waals surface area contributed by atoms with Gasteiger partial charge in [0, 0.05) is 0 Å². The van der Waals surface area contributed by atoms with Crippen molar-refractivity contribution >= 4 is 11.9 Å². The van der Waals surface area contributed by atoms with E-state index in [-0.39, 0.29) is 11.9 Å². The van der Waals surface area contributed by atoms with Crippen LogP contribution in [0.1, 0.15) is 13.8 Å². The second kappa shape index (κ2) is 6.72. The highest BCUT2D eigenvalue weighted by Gasteiger charge is 2.53. The van der Waals surface area contributed by atoms with Gasteiger partial charge in [0.25, 0.3) is 5.91 Å². The van der Waals surface area contributed by atoms with Crippen LogP contribution in [0.5, 0.6) is 0 Å². The van der Waals surface area contributed by atoms with E-state index in [4.69, 9.17) is 9.47 Å². The first kappa shape index (κ1) is 16.6. The van der Waals surface area contributed by atoms with Crippen molar-refractivity contribution in [2.75, 3.05) is 65.9 Å². The van der Waals surface area contributed by atoms with Crippen LogP contribution in [0.4, 0.5) is 4.79 Å². The molecule has 2 N–H and O–H groups in total. The molecule has 3 heterocycles. The molecule has 0 radical (unpaired) electrons. The Kier molecular flexibility index (Phi) is 4.86. The Hall–Kier alpha value is -1.22. The summed E-state index contributed by atoms with van der Waals surface area (Å²) in [5.41, 5.74) is -0.770. The predicted molar refractivity (Wildman–Crippen MR) is 80.9 cm³/mol. The van der Waals surface area contributed by atoms with Gasteiger partial charge in [-0.1, -0.05) is 0 Å². The molecule has 3 fully saturated rings. The molecule has 0 unspecified atom stereocenters. The third kappa shape index (κ3) is 3.35. The lowest BCUT2D eigenvalue weighted by molar-refractivity contribution is -0.917. The van der Waals surface area contributed by atoms with E-state index in [1.165, 1.54) is 14.7 Å². The lowest BCUT2D eigenvalue weighted by Crippen LogP contribution is -3.16. The molecule has 23 heavy (non-hydrogen) atoms. The maximum atomic E-state index is 12.8. The van der Waals surface area contributed by atoms with Crippen molar-refractivity contribution < 1.29 is 28.9 Å². The summed E-state index contributed by atoms with van der Waals surface area (Å²) < 4.78 is 10.7. The lowest BCUT2D eigenvalue weighted by Gasteiger charge is -2.32. The Morgan fingerprint density at radius 3 is 1.91 bits per heavy atom. The van der Waals surface area contributed by atoms with Gasteiger partial charge in [0.05, 0.1) is 26.4 Å². The first-order valence-corrected chi connectivity index (χ1v) is 8.46. The van der Waals surface area contributed by atoms with E-state index in [1.54, 1.807) is 4.90 Å². The van der Waals surface area contributed by atoms with E-state index in [9.17, 15) is 9.59 Å². The van der Waals surface area contributed by atoms with Crippen LogP contribution in [0.15, 0.2) is 0 Å². The summed E-state index contributed by atoms with van der Waals surface area (Å²) in [6, 6.07) is -0.155. The Bertz CT molecular complexity index is 458. The molecule has 8 heteroatoms. The normalized spacial score (nSPS) is 27.0. The summed E-state index contributed by atoms with van der Waals surface area (Å²) in [7, 11) is 0. The summed E-state index contributed by atoms with van der Waals surface area (Å²) >= 11 is 0. The van der Waals surface area contributed by atoms with Crippen molar-refractivity contribution in [3.8, 4) is 0 Å². The number of hydrogen-bond acceptors (Lipinski definition) is 4. The summed E-state index contributed by atoms with van der Waals surface area (Å²) in [6.07, 6.45) is 0. The van der Waals surface area contributed by atoms with E-state index >= 15 is 0 Å². The van der Waals surface area contributed by atoms with Gasteiger partial charge in [0.15, 0.2) is 13.3 Å². The van der Waals surface area contributed by atoms with Gasteiger partial charge in [-0.2, -0.15) is 0 Å². The number of morpholine rings is 2. The number of rotatable bonds is 4. The number of nitrogens with one attached hydrogen (secondary N) is 2. The van der Waals surface area contributed by atoms with Gasteiger partial charge in [-0.15, -0.1) is 0 Å². The van der Waals surface area contributed by atoms with E-state index in [2.05, 4.69) is 0 Å². The molecule has 0 aromatic heterocycles. The van der Waals surface area contributed by atoms with Gasteiger partial charge in [-0.3, -0.25) is 9.69 Å². The number of quaternary nitrogens is 2. The number of carbonyl (C=O) groups excluding carboxylic acids is 2. The Labute approximate surface area is 136 Å². The molecular weight excluding hydrogens is 300 g/mol. The maximum absolute atomic E-state index is 12.8. The SMILES string of the molecule is CC1(C)C(=O)N(C[NH+]2CCOCC2)C(=O)N1C[NH+]1CCOCC1. The fourth-order valence-corrected chi connectivity index (χ4v) is 3.41. The molecule has 3 aliphatic heterocycles. The molecule has 3 amide bonds. The van der Waals surface area contributed by atoms with Gasteiger partial charge in [-0.25, -0.2) is 9.69 Å². The highest BCUT2D eigenvalue weighted by Crippen LogP contribution is 2.25. The minimum absolute atomic E-state index is 0.0887. The molecule has 0 bridgehead atoms. The highest BCUT2D eigenvalue weighted by molar-refractivity contribution is 6.06. The second-order valence-corrected chi connectivity index (χ2v) is 7.04. The number of hydrogen-bond donors (Lipinski definition) is 2. The molecule has 3 saturated heterocycles. The van der Waals surface area contributed by atoms with Gasteiger partial charge < -0.3 is 19.3 Å². The number of amides is 3. The standard InChI is InChI=1S/C15H26N4O4/c1-15(2)13(20)18(11-16-3-7-22-8-4-16)14(21)19(15)12-17-5-9-23-10-6-17/h3-12H2,1-2H3/p+2. The van der Waals surface area contributed by atoms with Crippen LogP contribution >= 0.6 is 0 Å². The van der Waals surface area contributed by atoms with Gasteiger partial charge in [-0.05, 0) is 13.8 Å². The molecule has 0 aliphatic carbocycles. The molecule has 3 aliphatic rings. The Morgan fingerprint density at radius 1 is 0.913 bits per heavy atom. The van der Waals surface area contributed by atoms with Crippen LogP contribution in [-0.2, 0) is 14.3 Å². The third-order valence-corrected chi connectivity index (χ3v) is 5.07. The molecule has 8 nitrogen and oxygen atoms in total. The number of nitrogens with zero attached hydrogens (tertiary/aromatic N) is 2. The van der Waals surface area contributed by atoms with E-state index < -0.39 is 5.54 Å². The van der Waals surface area contributed by atoms with Gasteiger partial charge >= 0.3 is 6.03 Å². The minimum Gasteiger partial charge on any atom is -0.370 e. The number of carbonyl (C=O) groups is 2. The lowest BCUT2D eigenvalue weighted by atomic mass is 10.0. The summed E-state index contributed by atoms with van der Waals surface area (Å²) in [5.74, 6) is -0.0887. The molecule has 0 atom stereocenters. The van der Waals surface area contributed by atoms with Crippen LogP contribution in [0.2, 0.25) is 0 Å². The topological polar surface area (TPSA) is 68.0 Å². The van der Waals surface area contributed by atoms with Crippen LogP contribution in [-0.4, -0.2) is 93.2 Å². The van der Waals surface area contributed by atoms with E-state index in [0.717, 1.165) is 26.2 Å². The number of urea groups is 1. The minimum atomic E-state index is -0.770. The quantitative estimate of drug-likeness (QED) is 0.533. The molecule has 130 valence electrons. The molecular formula is C15H28N4O4+2. The van der Waals surface area contributed by atoms with Crippen molar-refractivity contribution in [2.24, 2.45) is 0 Å². The van der Waals surface area contributed by atoms with Gasteiger partial charge in [0.1, 0.15) is 31.7 Å². The first-order valence-electron chi connectivity index (χ1n) is 8.46. The van der Waals surface area contributed by atoms with Crippen LogP contribution in [0, 0.1) is 0 Å². The number of ether oxygens (including phenoxy) is 2. The maximum Gasteiger partial charge on any atom is 0.336 e. The predicted octanol–water partition coefficient (Wildman–Crippen LogP) is -3.23. The monoisotopic (exact) mass is 328 g/mol. The van der Waals surface area contributed by atoms with Crippen molar-refractivity contribution in [2.45, 2.75) is 19.4 Å². The van der Waals surface area contributed by atoms with Crippen LogP contribution < -0.4 is 9.80 Å². The second-order valence-electron chi connectivity index (χ2n) is 7.04. The molecule has 0 aromatic rings. The summed E-state index contributed by atoms with van der Waals surface area (Å²) in [5, 5.41) is 0. The smallest absolute Gasteiger partial charge is 0.336 e. The third-order valence-electron chi connectivity index (χ3n) is 5.07. The van der Waals surface area contributed by atoms with Crippen molar-refractivity contribution in [1.29, 1.82) is 0 Å². The molecule has 0 aromatic carbocycles. The number of imide groups is 1. The molecule has 0 saturated carbocycles. The average molecular weight is 328 g/mol.